The lowest BCUT2D eigenvalue weighted by Crippen LogP contribution is -2.49. The predicted molar refractivity (Wildman–Crippen MR) is 153 cm³/mol. The Labute approximate surface area is 245 Å². The molecule has 1 saturated heterocycles. The number of carbonyl (C=O) groups is 3. The Hall–Kier alpha value is -3.83. The Morgan fingerprint density at radius 1 is 1.15 bits per heavy atom. The van der Waals surface area contributed by atoms with Gasteiger partial charge in [0.1, 0.15) is 11.6 Å². The molecule has 1 aromatic heterocycles. The topological polar surface area (TPSA) is 128 Å². The zero-order valence-electron chi connectivity index (χ0n) is 22.4. The van der Waals surface area contributed by atoms with Gasteiger partial charge in [-0.05, 0) is 49.6 Å². The van der Waals surface area contributed by atoms with Gasteiger partial charge in [0.15, 0.2) is 0 Å². The van der Waals surface area contributed by atoms with Gasteiger partial charge >= 0.3 is 12.1 Å². The Kier molecular flexibility index (Phi) is 8.37. The number of amides is 4. The van der Waals surface area contributed by atoms with E-state index < -0.39 is 24.0 Å². The van der Waals surface area contributed by atoms with Crippen molar-refractivity contribution in [3.05, 3.63) is 63.8 Å². The number of nitrogens with zero attached hydrogens (tertiary/aromatic N) is 2. The molecule has 2 aliphatic heterocycles. The SMILES string of the molecule is COC(=O)Nc1ccc2c(c1)NC(=O)[C@H](C)CCC[C@H](N1CCC(c3c(Cl)ccc(Cl)c3F)NC1=O)c1nc-2c[nH]1. The molecule has 0 saturated carbocycles. The third kappa shape index (κ3) is 5.96. The molecule has 10 nitrogen and oxygen atoms in total. The van der Waals surface area contributed by atoms with Crippen LogP contribution in [0.1, 0.15) is 56.1 Å². The second kappa shape index (κ2) is 12.0. The Morgan fingerprint density at radius 3 is 2.68 bits per heavy atom. The van der Waals surface area contributed by atoms with E-state index in [1.165, 1.54) is 19.2 Å². The predicted octanol–water partition coefficient (Wildman–Crippen LogP) is 6.66. The summed E-state index contributed by atoms with van der Waals surface area (Å²) in [6.45, 7) is 2.17. The lowest BCUT2D eigenvalue weighted by atomic mass is 9.97. The number of ether oxygens (including phenoxy) is 1. The molecule has 41 heavy (non-hydrogen) atoms. The summed E-state index contributed by atoms with van der Waals surface area (Å²) >= 11 is 12.2. The van der Waals surface area contributed by atoms with Crippen LogP contribution in [0.5, 0.6) is 0 Å². The maximum absolute atomic E-state index is 14.8. The molecule has 1 fully saturated rings. The van der Waals surface area contributed by atoms with Crippen LogP contribution in [0, 0.1) is 11.7 Å². The number of aromatic nitrogens is 2. The highest BCUT2D eigenvalue weighted by atomic mass is 35.5. The summed E-state index contributed by atoms with van der Waals surface area (Å²) in [5.41, 5.74) is 2.28. The molecule has 216 valence electrons. The Bertz CT molecular complexity index is 1500. The highest BCUT2D eigenvalue weighted by Gasteiger charge is 2.35. The number of hydrogen-bond acceptors (Lipinski definition) is 5. The second-order valence-corrected chi connectivity index (χ2v) is 10.9. The number of carbonyl (C=O) groups excluding carboxylic acids is 3. The maximum atomic E-state index is 14.8. The number of nitrogens with one attached hydrogen (secondary N) is 4. The molecule has 2 aliphatic rings. The van der Waals surface area contributed by atoms with Crippen LogP contribution in [0.15, 0.2) is 36.5 Å². The van der Waals surface area contributed by atoms with Crippen molar-refractivity contribution >= 4 is 52.6 Å². The molecule has 4 amide bonds. The largest absolute Gasteiger partial charge is 0.453 e. The van der Waals surface area contributed by atoms with Crippen LogP contribution >= 0.6 is 23.2 Å². The zero-order chi connectivity index (χ0) is 29.3. The molecule has 0 aliphatic carbocycles. The molecule has 4 N–H and O–H groups in total. The summed E-state index contributed by atoms with van der Waals surface area (Å²) in [5.74, 6) is -0.541. The summed E-state index contributed by atoms with van der Waals surface area (Å²) in [5, 5.41) is 8.59. The number of rotatable bonds is 3. The number of urea groups is 1. The summed E-state index contributed by atoms with van der Waals surface area (Å²) in [6.07, 6.45) is 3.27. The van der Waals surface area contributed by atoms with Crippen LogP contribution in [-0.4, -0.2) is 46.6 Å². The van der Waals surface area contributed by atoms with Crippen molar-refractivity contribution in [2.75, 3.05) is 24.3 Å². The van der Waals surface area contributed by atoms with Crippen LogP contribution < -0.4 is 16.0 Å². The molecule has 0 spiro atoms. The molecule has 3 aromatic rings. The van der Waals surface area contributed by atoms with Gasteiger partial charge in [-0.15, -0.1) is 0 Å². The lowest BCUT2D eigenvalue weighted by molar-refractivity contribution is -0.119. The maximum Gasteiger partial charge on any atom is 0.411 e. The highest BCUT2D eigenvalue weighted by molar-refractivity contribution is 6.33. The number of imidazole rings is 1. The van der Waals surface area contributed by atoms with Crippen molar-refractivity contribution in [2.45, 2.75) is 44.7 Å². The molecule has 1 unspecified atom stereocenters. The number of methoxy groups -OCH3 is 1. The molecule has 2 bridgehead atoms. The van der Waals surface area contributed by atoms with E-state index in [1.807, 2.05) is 6.92 Å². The Morgan fingerprint density at radius 2 is 1.93 bits per heavy atom. The zero-order valence-corrected chi connectivity index (χ0v) is 23.9. The van der Waals surface area contributed by atoms with Gasteiger partial charge in [-0.1, -0.05) is 36.5 Å². The standard InChI is InChI=1S/C28H29Cl2FN6O4/c1-14-4-3-5-22(37-11-10-19(36-27(37)39)23-17(29)8-9-18(30)24(23)31)25-32-13-21(34-25)16-7-6-15(33-28(40)41-2)12-20(16)35-26(14)38/h6-9,12-14,19,22H,3-5,10-11H2,1-2H3,(H,32,34)(H,33,40)(H,35,38)(H,36,39)/t14-,19?,22+/m1/s1. The van der Waals surface area contributed by atoms with E-state index in [2.05, 4.69) is 25.7 Å². The van der Waals surface area contributed by atoms with Crippen LogP contribution in [0.25, 0.3) is 11.3 Å². The first-order chi connectivity index (χ1) is 19.7. The monoisotopic (exact) mass is 602 g/mol. The minimum Gasteiger partial charge on any atom is -0.453 e. The minimum absolute atomic E-state index is 0.0600. The third-order valence-electron chi connectivity index (χ3n) is 7.48. The summed E-state index contributed by atoms with van der Waals surface area (Å²) in [4.78, 5) is 47.9. The highest BCUT2D eigenvalue weighted by Crippen LogP contribution is 2.38. The van der Waals surface area contributed by atoms with Gasteiger partial charge in [-0.2, -0.15) is 0 Å². The first kappa shape index (κ1) is 28.7. The molecule has 5 rings (SSSR count). The number of anilines is 2. The van der Waals surface area contributed by atoms with Crippen LogP contribution in [-0.2, 0) is 9.53 Å². The van der Waals surface area contributed by atoms with Gasteiger partial charge in [-0.3, -0.25) is 10.1 Å². The number of fused-ring (bicyclic) bond motifs is 4. The fourth-order valence-electron chi connectivity index (χ4n) is 5.26. The number of aromatic amines is 1. The molecule has 3 atom stereocenters. The van der Waals surface area contributed by atoms with Gasteiger partial charge in [0.25, 0.3) is 0 Å². The van der Waals surface area contributed by atoms with Crippen molar-refractivity contribution in [1.82, 2.24) is 20.2 Å². The molecule has 3 heterocycles. The first-order valence-electron chi connectivity index (χ1n) is 13.2. The fraction of sp³-hybridized carbons (Fsp3) is 0.357. The number of H-pyrrole nitrogens is 1. The van der Waals surface area contributed by atoms with E-state index in [0.717, 1.165) is 0 Å². The summed E-state index contributed by atoms with van der Waals surface area (Å²) < 4.78 is 19.5. The van der Waals surface area contributed by atoms with E-state index in [9.17, 15) is 18.8 Å². The minimum atomic E-state index is -0.643. The molecule has 13 heteroatoms. The average Bonchev–Trinajstić information content (AvgIpc) is 3.43. The van der Waals surface area contributed by atoms with E-state index in [-0.39, 0.29) is 33.5 Å². The van der Waals surface area contributed by atoms with Crippen LogP contribution in [0.2, 0.25) is 10.0 Å². The molecular formula is C28H29Cl2FN6O4. The van der Waals surface area contributed by atoms with E-state index in [4.69, 9.17) is 28.2 Å². The number of hydrogen-bond donors (Lipinski definition) is 4. The van der Waals surface area contributed by atoms with Gasteiger partial charge in [-0.25, -0.2) is 19.0 Å². The van der Waals surface area contributed by atoms with Crippen LogP contribution in [0.4, 0.5) is 25.4 Å². The van der Waals surface area contributed by atoms with Crippen molar-refractivity contribution in [1.29, 1.82) is 0 Å². The Balaban J connectivity index is 1.45. The van der Waals surface area contributed by atoms with E-state index >= 15 is 0 Å². The molecule has 0 radical (unpaired) electrons. The normalized spacial score (nSPS) is 21.1. The third-order valence-corrected chi connectivity index (χ3v) is 8.10. The van der Waals surface area contributed by atoms with Crippen LogP contribution in [0.3, 0.4) is 0 Å². The smallest absolute Gasteiger partial charge is 0.411 e. The number of benzene rings is 2. The summed E-state index contributed by atoms with van der Waals surface area (Å²) in [7, 11) is 1.27. The quantitative estimate of drug-likeness (QED) is 0.249. The van der Waals surface area contributed by atoms with E-state index in [0.29, 0.717) is 60.7 Å². The summed E-state index contributed by atoms with van der Waals surface area (Å²) in [6, 6.07) is 6.55. The van der Waals surface area contributed by atoms with Crippen molar-refractivity contribution in [3.8, 4) is 11.3 Å². The van der Waals surface area contributed by atoms with Crippen molar-refractivity contribution in [2.24, 2.45) is 5.92 Å². The van der Waals surface area contributed by atoms with Crippen molar-refractivity contribution in [3.63, 3.8) is 0 Å². The second-order valence-electron chi connectivity index (χ2n) is 10.1. The van der Waals surface area contributed by atoms with Gasteiger partial charge < -0.3 is 25.3 Å². The average molecular weight is 603 g/mol. The van der Waals surface area contributed by atoms with Crippen molar-refractivity contribution < 1.29 is 23.5 Å². The molecular weight excluding hydrogens is 574 g/mol. The fourth-order valence-corrected chi connectivity index (χ4v) is 5.70. The number of halogens is 3. The molecule has 2 aromatic carbocycles. The first-order valence-corrected chi connectivity index (χ1v) is 14.0. The lowest BCUT2D eigenvalue weighted by Gasteiger charge is -2.38. The van der Waals surface area contributed by atoms with Gasteiger partial charge in [0, 0.05) is 40.5 Å². The van der Waals surface area contributed by atoms with E-state index in [1.54, 1.807) is 29.3 Å². The van der Waals surface area contributed by atoms with Gasteiger partial charge in [0.2, 0.25) is 5.91 Å². The van der Waals surface area contributed by atoms with Gasteiger partial charge in [0.05, 0.1) is 35.6 Å².